The Morgan fingerprint density at radius 2 is 1.61 bits per heavy atom. The Hall–Kier alpha value is -2.37. The molecule has 6 heteroatoms. The number of rotatable bonds is 4. The Bertz CT molecular complexity index is 526. The first-order valence-corrected chi connectivity index (χ1v) is 5.22. The van der Waals surface area contributed by atoms with Crippen LogP contribution in [-0.2, 0) is 0 Å². The van der Waals surface area contributed by atoms with Gasteiger partial charge < -0.3 is 24.5 Å². The molecule has 1 aromatic heterocycles. The summed E-state index contributed by atoms with van der Waals surface area (Å²) in [5.74, 6) is 1.99. The number of hydrogen-bond acceptors (Lipinski definition) is 6. The first-order chi connectivity index (χ1) is 8.69. The van der Waals surface area contributed by atoms with Crippen molar-refractivity contribution in [2.45, 2.75) is 0 Å². The third-order valence-electron chi connectivity index (χ3n) is 2.50. The molecule has 18 heavy (non-hydrogen) atoms. The smallest absolute Gasteiger partial charge is 0.222 e. The van der Waals surface area contributed by atoms with Gasteiger partial charge >= 0.3 is 0 Å². The van der Waals surface area contributed by atoms with Crippen molar-refractivity contribution in [1.82, 2.24) is 5.16 Å². The van der Waals surface area contributed by atoms with Gasteiger partial charge in [0, 0.05) is 18.2 Å². The second kappa shape index (κ2) is 4.87. The molecule has 2 N–H and O–H groups in total. The highest BCUT2D eigenvalue weighted by Crippen LogP contribution is 2.41. The normalized spacial score (nSPS) is 10.2. The van der Waals surface area contributed by atoms with Crippen LogP contribution in [0.25, 0.3) is 11.3 Å². The monoisotopic (exact) mass is 250 g/mol. The third-order valence-corrected chi connectivity index (χ3v) is 2.50. The van der Waals surface area contributed by atoms with Crippen molar-refractivity contribution in [3.05, 3.63) is 18.2 Å². The zero-order chi connectivity index (χ0) is 13.1. The molecule has 6 nitrogen and oxygen atoms in total. The van der Waals surface area contributed by atoms with Gasteiger partial charge in [-0.1, -0.05) is 5.16 Å². The van der Waals surface area contributed by atoms with Gasteiger partial charge in [-0.15, -0.1) is 0 Å². The van der Waals surface area contributed by atoms with Gasteiger partial charge in [0.05, 0.1) is 26.9 Å². The van der Waals surface area contributed by atoms with Gasteiger partial charge in [-0.3, -0.25) is 0 Å². The number of methoxy groups -OCH3 is 3. The van der Waals surface area contributed by atoms with Gasteiger partial charge in [0.25, 0.3) is 0 Å². The Labute approximate surface area is 104 Å². The summed E-state index contributed by atoms with van der Waals surface area (Å²) in [4.78, 5) is 0. The minimum Gasteiger partial charge on any atom is -0.496 e. The van der Waals surface area contributed by atoms with E-state index in [-0.39, 0.29) is 5.88 Å². The SMILES string of the molecule is COc1cc(OC)c(-c2cc(N)on2)c(OC)c1. The summed E-state index contributed by atoms with van der Waals surface area (Å²) in [5.41, 5.74) is 6.73. The van der Waals surface area contributed by atoms with Crippen LogP contribution in [0.5, 0.6) is 17.2 Å². The number of aromatic nitrogens is 1. The first kappa shape index (κ1) is 12.1. The van der Waals surface area contributed by atoms with Crippen molar-refractivity contribution in [1.29, 1.82) is 0 Å². The average Bonchev–Trinajstić information content (AvgIpc) is 2.83. The molecule has 0 saturated heterocycles. The van der Waals surface area contributed by atoms with E-state index in [4.69, 9.17) is 24.5 Å². The van der Waals surface area contributed by atoms with Crippen LogP contribution in [0, 0.1) is 0 Å². The van der Waals surface area contributed by atoms with E-state index in [1.54, 1.807) is 39.5 Å². The lowest BCUT2D eigenvalue weighted by molar-refractivity contribution is 0.376. The van der Waals surface area contributed by atoms with E-state index < -0.39 is 0 Å². The maximum absolute atomic E-state index is 5.52. The molecule has 2 rings (SSSR count). The molecule has 0 fully saturated rings. The van der Waals surface area contributed by atoms with Gasteiger partial charge in [-0.05, 0) is 0 Å². The predicted molar refractivity (Wildman–Crippen MR) is 66.0 cm³/mol. The van der Waals surface area contributed by atoms with Crippen LogP contribution < -0.4 is 19.9 Å². The summed E-state index contributed by atoms with van der Waals surface area (Å²) in [5, 5.41) is 3.86. The molecule has 0 unspecified atom stereocenters. The van der Waals surface area contributed by atoms with Gasteiger partial charge in [0.1, 0.15) is 22.9 Å². The molecule has 0 bridgehead atoms. The summed E-state index contributed by atoms with van der Waals surface area (Å²) in [6, 6.07) is 5.08. The topological polar surface area (TPSA) is 79.7 Å². The van der Waals surface area contributed by atoms with Crippen molar-refractivity contribution < 1.29 is 18.7 Å². The molecule has 0 amide bonds. The van der Waals surface area contributed by atoms with Gasteiger partial charge in [0.2, 0.25) is 5.88 Å². The molecule has 0 spiro atoms. The van der Waals surface area contributed by atoms with E-state index in [9.17, 15) is 0 Å². The summed E-state index contributed by atoms with van der Waals surface area (Å²) in [7, 11) is 4.68. The number of nitrogens with two attached hydrogens (primary N) is 1. The lowest BCUT2D eigenvalue weighted by atomic mass is 10.1. The minimum atomic E-state index is 0.227. The summed E-state index contributed by atoms with van der Waals surface area (Å²) in [6.07, 6.45) is 0. The molecular formula is C12H14N2O4. The molecule has 0 radical (unpaired) electrons. The van der Waals surface area contributed by atoms with E-state index in [2.05, 4.69) is 5.16 Å². The van der Waals surface area contributed by atoms with Crippen LogP contribution in [0.2, 0.25) is 0 Å². The maximum Gasteiger partial charge on any atom is 0.222 e. The molecule has 0 aliphatic heterocycles. The van der Waals surface area contributed by atoms with E-state index in [0.717, 1.165) is 0 Å². The van der Waals surface area contributed by atoms with E-state index in [0.29, 0.717) is 28.5 Å². The fraction of sp³-hybridized carbons (Fsp3) is 0.250. The first-order valence-electron chi connectivity index (χ1n) is 5.22. The Morgan fingerprint density at radius 3 is 2.00 bits per heavy atom. The molecule has 1 heterocycles. The summed E-state index contributed by atoms with van der Waals surface area (Å²) >= 11 is 0. The summed E-state index contributed by atoms with van der Waals surface area (Å²) in [6.45, 7) is 0. The zero-order valence-corrected chi connectivity index (χ0v) is 10.4. The number of ether oxygens (including phenoxy) is 3. The minimum absolute atomic E-state index is 0.227. The number of hydrogen-bond donors (Lipinski definition) is 1. The second-order valence-corrected chi connectivity index (χ2v) is 3.52. The van der Waals surface area contributed by atoms with Crippen molar-refractivity contribution in [3.8, 4) is 28.5 Å². The van der Waals surface area contributed by atoms with Crippen LogP contribution in [0.4, 0.5) is 5.88 Å². The third kappa shape index (κ3) is 2.04. The highest BCUT2D eigenvalue weighted by Gasteiger charge is 2.18. The quantitative estimate of drug-likeness (QED) is 0.893. The molecule has 1 aromatic carbocycles. The lowest BCUT2D eigenvalue weighted by Crippen LogP contribution is -1.95. The van der Waals surface area contributed by atoms with Gasteiger partial charge in [-0.2, -0.15) is 0 Å². The molecular weight excluding hydrogens is 236 g/mol. The molecule has 0 saturated carbocycles. The van der Waals surface area contributed by atoms with Crippen molar-refractivity contribution in [2.75, 3.05) is 27.1 Å². The van der Waals surface area contributed by atoms with E-state index in [1.807, 2.05) is 0 Å². The highest BCUT2D eigenvalue weighted by atomic mass is 16.5. The molecule has 2 aromatic rings. The van der Waals surface area contributed by atoms with Crippen molar-refractivity contribution in [3.63, 3.8) is 0 Å². The Kier molecular flexibility index (Phi) is 3.27. The molecule has 0 aliphatic carbocycles. The zero-order valence-electron chi connectivity index (χ0n) is 10.4. The molecule has 0 aliphatic rings. The fourth-order valence-electron chi connectivity index (χ4n) is 1.67. The van der Waals surface area contributed by atoms with Gasteiger partial charge in [0.15, 0.2) is 0 Å². The van der Waals surface area contributed by atoms with E-state index >= 15 is 0 Å². The average molecular weight is 250 g/mol. The molecule has 0 atom stereocenters. The number of anilines is 1. The lowest BCUT2D eigenvalue weighted by Gasteiger charge is -2.12. The largest absolute Gasteiger partial charge is 0.496 e. The fourth-order valence-corrected chi connectivity index (χ4v) is 1.67. The van der Waals surface area contributed by atoms with Crippen LogP contribution in [0.15, 0.2) is 22.7 Å². The Balaban J connectivity index is 2.63. The maximum atomic E-state index is 5.52. The second-order valence-electron chi connectivity index (χ2n) is 3.52. The molecule has 96 valence electrons. The number of nitrogens with zero attached hydrogens (tertiary/aromatic N) is 1. The number of nitrogen functional groups attached to an aromatic ring is 1. The highest BCUT2D eigenvalue weighted by molar-refractivity contribution is 5.76. The standard InChI is InChI=1S/C12H14N2O4/c1-15-7-4-9(16-2)12(10(5-7)17-3)8-6-11(13)18-14-8/h4-6H,13H2,1-3H3. The van der Waals surface area contributed by atoms with E-state index in [1.165, 1.54) is 0 Å². The van der Waals surface area contributed by atoms with Crippen LogP contribution in [0.1, 0.15) is 0 Å². The summed E-state index contributed by atoms with van der Waals surface area (Å²) < 4.78 is 20.6. The van der Waals surface area contributed by atoms with Crippen LogP contribution in [-0.4, -0.2) is 26.5 Å². The van der Waals surface area contributed by atoms with Gasteiger partial charge in [-0.25, -0.2) is 0 Å². The Morgan fingerprint density at radius 1 is 1.00 bits per heavy atom. The van der Waals surface area contributed by atoms with Crippen LogP contribution in [0.3, 0.4) is 0 Å². The predicted octanol–water partition coefficient (Wildman–Crippen LogP) is 1.95. The number of benzene rings is 1. The van der Waals surface area contributed by atoms with Crippen LogP contribution >= 0.6 is 0 Å². The van der Waals surface area contributed by atoms with Crippen molar-refractivity contribution in [2.24, 2.45) is 0 Å². The van der Waals surface area contributed by atoms with Crippen molar-refractivity contribution >= 4 is 5.88 Å².